The molecule has 3 aliphatic rings. The van der Waals surface area contributed by atoms with Gasteiger partial charge in [-0.2, -0.15) is 4.98 Å². The summed E-state index contributed by atoms with van der Waals surface area (Å²) >= 11 is 1.57. The first-order valence-electron chi connectivity index (χ1n) is 7.88. The smallest absolute Gasteiger partial charge is 0.240 e. The number of aromatic nitrogens is 3. The predicted octanol–water partition coefficient (Wildman–Crippen LogP) is 1.46. The maximum absolute atomic E-state index is 12.8. The maximum Gasteiger partial charge on any atom is 0.240 e. The summed E-state index contributed by atoms with van der Waals surface area (Å²) in [5, 5.41) is 5.86. The normalized spacial score (nSPS) is 25.1. The van der Waals surface area contributed by atoms with Crippen LogP contribution in [0.15, 0.2) is 15.4 Å². The fourth-order valence-electron chi connectivity index (χ4n) is 3.55. The third kappa shape index (κ3) is 3.00. The Morgan fingerprint density at radius 1 is 1.35 bits per heavy atom. The van der Waals surface area contributed by atoms with Crippen LogP contribution in [-0.4, -0.2) is 50.0 Å². The lowest BCUT2D eigenvalue weighted by atomic mass is 9.94. The molecule has 2 bridgehead atoms. The Morgan fingerprint density at radius 2 is 2.26 bits per heavy atom. The van der Waals surface area contributed by atoms with Gasteiger partial charge in [-0.1, -0.05) is 5.16 Å². The Balaban J connectivity index is 1.50. The van der Waals surface area contributed by atoms with Crippen LogP contribution in [-0.2, 0) is 17.9 Å². The minimum absolute atomic E-state index is 0.0661. The van der Waals surface area contributed by atoms with Gasteiger partial charge in [-0.3, -0.25) is 9.69 Å². The zero-order chi connectivity index (χ0) is 15.8. The lowest BCUT2D eigenvalue weighted by Gasteiger charge is -2.35. The summed E-state index contributed by atoms with van der Waals surface area (Å²) in [6.07, 6.45) is 2.02. The van der Waals surface area contributed by atoms with Gasteiger partial charge in [-0.05, 0) is 19.8 Å². The number of rotatable bonds is 4. The number of aryl methyl sites for hydroxylation is 1. The van der Waals surface area contributed by atoms with E-state index in [2.05, 4.69) is 20.0 Å². The summed E-state index contributed by atoms with van der Waals surface area (Å²) in [4.78, 5) is 25.7. The van der Waals surface area contributed by atoms with Crippen molar-refractivity contribution in [1.29, 1.82) is 0 Å². The number of fused-ring (bicyclic) bond motifs is 4. The molecule has 0 aromatic carbocycles. The van der Waals surface area contributed by atoms with E-state index < -0.39 is 0 Å². The van der Waals surface area contributed by atoms with Gasteiger partial charge in [0.25, 0.3) is 0 Å². The number of nitrogens with zero attached hydrogens (tertiary/aromatic N) is 5. The summed E-state index contributed by atoms with van der Waals surface area (Å²) in [6.45, 7) is 4.68. The van der Waals surface area contributed by atoms with Gasteiger partial charge >= 0.3 is 0 Å². The number of carbonyl (C=O) groups excluding carboxylic acids is 1. The Labute approximate surface area is 138 Å². The molecule has 7 nitrogen and oxygen atoms in total. The molecular weight excluding hydrogens is 314 g/mol. The van der Waals surface area contributed by atoms with Crippen molar-refractivity contribution < 1.29 is 9.32 Å². The van der Waals surface area contributed by atoms with E-state index in [1.165, 1.54) is 0 Å². The monoisotopic (exact) mass is 333 g/mol. The highest BCUT2D eigenvalue weighted by molar-refractivity contribution is 7.07. The molecule has 23 heavy (non-hydrogen) atoms. The molecule has 3 saturated heterocycles. The minimum atomic E-state index is 0.0661. The Kier molecular flexibility index (Phi) is 3.86. The van der Waals surface area contributed by atoms with E-state index in [0.717, 1.165) is 31.6 Å². The van der Waals surface area contributed by atoms with Gasteiger partial charge in [0.2, 0.25) is 11.8 Å². The molecule has 3 fully saturated rings. The predicted molar refractivity (Wildman–Crippen MR) is 83.5 cm³/mol. The van der Waals surface area contributed by atoms with E-state index in [1.807, 2.05) is 22.7 Å². The Morgan fingerprint density at radius 3 is 3.00 bits per heavy atom. The van der Waals surface area contributed by atoms with Crippen LogP contribution >= 0.6 is 11.3 Å². The van der Waals surface area contributed by atoms with Crippen molar-refractivity contribution in [2.75, 3.05) is 13.1 Å². The minimum Gasteiger partial charge on any atom is -0.338 e. The number of hydrogen-bond donors (Lipinski definition) is 0. The fourth-order valence-corrected chi connectivity index (χ4v) is 4.10. The Bertz CT molecular complexity index is 686. The van der Waals surface area contributed by atoms with Crippen LogP contribution in [0.4, 0.5) is 0 Å². The molecule has 0 aliphatic carbocycles. The second-order valence-corrected chi connectivity index (χ2v) is 7.02. The van der Waals surface area contributed by atoms with E-state index in [1.54, 1.807) is 11.3 Å². The lowest BCUT2D eigenvalue weighted by Crippen LogP contribution is -2.47. The average Bonchev–Trinajstić information content (AvgIpc) is 3.10. The molecule has 1 amide bonds. The largest absolute Gasteiger partial charge is 0.338 e. The molecule has 5 rings (SSSR count). The molecular formula is C15H19N5O2S. The zero-order valence-corrected chi connectivity index (χ0v) is 13.8. The van der Waals surface area contributed by atoms with Crippen molar-refractivity contribution in [2.45, 2.75) is 38.9 Å². The highest BCUT2D eigenvalue weighted by Crippen LogP contribution is 2.30. The van der Waals surface area contributed by atoms with Crippen molar-refractivity contribution in [1.82, 2.24) is 24.9 Å². The third-order valence-electron chi connectivity index (χ3n) is 4.61. The van der Waals surface area contributed by atoms with Gasteiger partial charge in [0.15, 0.2) is 5.82 Å². The van der Waals surface area contributed by atoms with E-state index in [9.17, 15) is 4.79 Å². The molecule has 5 heterocycles. The quantitative estimate of drug-likeness (QED) is 0.843. The molecule has 122 valence electrons. The van der Waals surface area contributed by atoms with Crippen molar-refractivity contribution >= 4 is 17.2 Å². The van der Waals surface area contributed by atoms with Gasteiger partial charge in [0.05, 0.1) is 30.2 Å². The average molecular weight is 333 g/mol. The van der Waals surface area contributed by atoms with Gasteiger partial charge < -0.3 is 9.42 Å². The highest BCUT2D eigenvalue weighted by Gasteiger charge is 2.40. The second kappa shape index (κ2) is 6.01. The van der Waals surface area contributed by atoms with Gasteiger partial charge in [-0.15, -0.1) is 11.3 Å². The van der Waals surface area contributed by atoms with Crippen LogP contribution in [0.5, 0.6) is 0 Å². The van der Waals surface area contributed by atoms with Crippen molar-refractivity contribution in [3.05, 3.63) is 28.3 Å². The molecule has 3 aliphatic heterocycles. The molecule has 2 atom stereocenters. The third-order valence-corrected chi connectivity index (χ3v) is 5.25. The van der Waals surface area contributed by atoms with Crippen molar-refractivity contribution in [3.8, 4) is 0 Å². The fraction of sp³-hybridized carbons (Fsp3) is 0.600. The second-order valence-electron chi connectivity index (χ2n) is 6.30. The summed E-state index contributed by atoms with van der Waals surface area (Å²) < 4.78 is 5.23. The number of thiazole rings is 1. The van der Waals surface area contributed by atoms with Crippen LogP contribution in [0.1, 0.15) is 30.3 Å². The number of amides is 1. The van der Waals surface area contributed by atoms with E-state index >= 15 is 0 Å². The molecule has 0 spiro atoms. The SMILES string of the molecule is Cc1noc(CN2C[C@H]3CC[C@@H](C2)N(Cc2cscn2)C3=O)n1. The standard InChI is InChI=1S/C15H19N5O2S/c1-10-17-14(22-18-10)7-19-4-11-2-3-13(6-19)20(15(11)21)5-12-8-23-9-16-12/h8-9,11,13H,2-7H2,1H3/t11-,13+/m1/s1. The zero-order valence-electron chi connectivity index (χ0n) is 13.0. The first-order valence-corrected chi connectivity index (χ1v) is 8.82. The van der Waals surface area contributed by atoms with E-state index in [-0.39, 0.29) is 17.9 Å². The van der Waals surface area contributed by atoms with Crippen LogP contribution in [0.25, 0.3) is 0 Å². The summed E-state index contributed by atoms with van der Waals surface area (Å²) in [6, 6.07) is 0.243. The molecule has 0 unspecified atom stereocenters. The topological polar surface area (TPSA) is 75.4 Å². The summed E-state index contributed by atoms with van der Waals surface area (Å²) in [5.74, 6) is 1.61. The summed E-state index contributed by atoms with van der Waals surface area (Å²) in [5.41, 5.74) is 2.80. The molecule has 0 N–H and O–H groups in total. The first kappa shape index (κ1) is 14.8. The summed E-state index contributed by atoms with van der Waals surface area (Å²) in [7, 11) is 0. The molecule has 0 radical (unpaired) electrons. The number of piperidine rings is 1. The number of carbonyl (C=O) groups is 1. The van der Waals surface area contributed by atoms with E-state index in [4.69, 9.17) is 4.52 Å². The Hall–Kier alpha value is -1.80. The van der Waals surface area contributed by atoms with Crippen LogP contribution in [0, 0.1) is 12.8 Å². The van der Waals surface area contributed by atoms with E-state index in [0.29, 0.717) is 24.8 Å². The van der Waals surface area contributed by atoms with Gasteiger partial charge in [-0.25, -0.2) is 4.98 Å². The molecule has 0 saturated carbocycles. The van der Waals surface area contributed by atoms with Crippen LogP contribution in [0.2, 0.25) is 0 Å². The van der Waals surface area contributed by atoms with Crippen molar-refractivity contribution in [3.63, 3.8) is 0 Å². The molecule has 2 aromatic heterocycles. The highest BCUT2D eigenvalue weighted by atomic mass is 32.1. The van der Waals surface area contributed by atoms with Gasteiger partial charge in [0, 0.05) is 24.5 Å². The van der Waals surface area contributed by atoms with Crippen LogP contribution in [0.3, 0.4) is 0 Å². The molecule has 8 heteroatoms. The maximum atomic E-state index is 12.8. The van der Waals surface area contributed by atoms with Crippen LogP contribution < -0.4 is 0 Å². The van der Waals surface area contributed by atoms with Gasteiger partial charge in [0.1, 0.15) is 0 Å². The van der Waals surface area contributed by atoms with Crippen molar-refractivity contribution in [2.24, 2.45) is 5.92 Å². The first-order chi connectivity index (χ1) is 11.2. The molecule has 2 aromatic rings. The number of hydrogen-bond acceptors (Lipinski definition) is 7. The lowest BCUT2D eigenvalue weighted by molar-refractivity contribution is -0.140.